The molecule has 0 bridgehead atoms. The fraction of sp³-hybridized carbons (Fsp3) is 0.500. The molecule has 0 unspecified atom stereocenters. The average Bonchev–Trinajstić information content (AvgIpc) is 2.04. The monoisotopic (exact) mass is 180 g/mol. The molecule has 0 aliphatic carbocycles. The van der Waals surface area contributed by atoms with E-state index in [2.05, 4.69) is 25.4 Å². The predicted octanol–water partition coefficient (Wildman–Crippen LogP) is 2.13. The Morgan fingerprint density at radius 1 is 1.62 bits per heavy atom. The summed E-state index contributed by atoms with van der Waals surface area (Å²) in [6, 6.07) is 0.385. The lowest BCUT2D eigenvalue weighted by Gasteiger charge is -2.26. The predicted molar refractivity (Wildman–Crippen MR) is 54.3 cm³/mol. The van der Waals surface area contributed by atoms with Crippen molar-refractivity contribution in [2.75, 3.05) is 6.61 Å². The van der Waals surface area contributed by atoms with Gasteiger partial charge in [-0.15, -0.1) is 0 Å². The normalized spacial score (nSPS) is 16.5. The van der Waals surface area contributed by atoms with Crippen molar-refractivity contribution < 1.29 is 4.74 Å². The maximum atomic E-state index is 5.26. The van der Waals surface area contributed by atoms with E-state index in [9.17, 15) is 0 Å². The second-order valence-electron chi connectivity index (χ2n) is 3.12. The van der Waals surface area contributed by atoms with Gasteiger partial charge in [0, 0.05) is 18.3 Å². The first-order valence-electron chi connectivity index (χ1n) is 4.52. The Kier molecular flexibility index (Phi) is 3.12. The van der Waals surface area contributed by atoms with Crippen LogP contribution in [0.1, 0.15) is 20.8 Å². The molecule has 0 saturated carbocycles. The summed E-state index contributed by atoms with van der Waals surface area (Å²) >= 11 is 0. The van der Waals surface area contributed by atoms with E-state index >= 15 is 0 Å². The summed E-state index contributed by atoms with van der Waals surface area (Å²) in [7, 11) is 0. The Morgan fingerprint density at radius 3 is 2.77 bits per heavy atom. The molecule has 0 aromatic rings. The molecule has 3 heteroatoms. The van der Waals surface area contributed by atoms with E-state index in [1.807, 2.05) is 24.1 Å². The number of aliphatic imine (C=N–C) groups is 1. The largest absolute Gasteiger partial charge is 0.478 e. The zero-order valence-corrected chi connectivity index (χ0v) is 8.45. The van der Waals surface area contributed by atoms with Gasteiger partial charge in [0.25, 0.3) is 0 Å². The molecule has 0 amide bonds. The van der Waals surface area contributed by atoms with Gasteiger partial charge in [0.1, 0.15) is 5.82 Å². The van der Waals surface area contributed by atoms with Crippen LogP contribution in [0.4, 0.5) is 0 Å². The van der Waals surface area contributed by atoms with E-state index in [-0.39, 0.29) is 0 Å². The molecular weight excluding hydrogens is 164 g/mol. The molecule has 0 aromatic carbocycles. The van der Waals surface area contributed by atoms with Crippen LogP contribution in [0.15, 0.2) is 29.7 Å². The minimum atomic E-state index is 0.385. The van der Waals surface area contributed by atoms with Crippen LogP contribution in [0, 0.1) is 0 Å². The summed E-state index contributed by atoms with van der Waals surface area (Å²) in [5.41, 5.74) is 0. The Balaban J connectivity index is 2.67. The molecule has 0 atom stereocenters. The van der Waals surface area contributed by atoms with Gasteiger partial charge in [0.05, 0.1) is 6.61 Å². The topological polar surface area (TPSA) is 24.8 Å². The molecule has 0 fully saturated rings. The summed E-state index contributed by atoms with van der Waals surface area (Å²) in [4.78, 5) is 6.22. The van der Waals surface area contributed by atoms with Gasteiger partial charge in [-0.1, -0.05) is 6.58 Å². The van der Waals surface area contributed by atoms with E-state index in [0.717, 1.165) is 5.82 Å². The van der Waals surface area contributed by atoms with Gasteiger partial charge in [-0.2, -0.15) is 4.99 Å². The molecule has 13 heavy (non-hydrogen) atoms. The molecular formula is C10H16N2O. The maximum absolute atomic E-state index is 5.26. The standard InChI is InChI=1S/C10H16N2O/c1-5-13-10-6-7-12(8(2)3)9(4)11-10/h6-8H,4-5H2,1-3H3. The lowest BCUT2D eigenvalue weighted by Crippen LogP contribution is -2.26. The number of ether oxygens (including phenoxy) is 1. The Labute approximate surface area is 79.4 Å². The second-order valence-corrected chi connectivity index (χ2v) is 3.12. The van der Waals surface area contributed by atoms with Crippen LogP contribution in [0.3, 0.4) is 0 Å². The van der Waals surface area contributed by atoms with Crippen molar-refractivity contribution in [2.45, 2.75) is 26.8 Å². The first-order valence-corrected chi connectivity index (χ1v) is 4.52. The molecule has 1 rings (SSSR count). The zero-order chi connectivity index (χ0) is 9.84. The van der Waals surface area contributed by atoms with Crippen molar-refractivity contribution in [3.8, 4) is 0 Å². The van der Waals surface area contributed by atoms with Crippen LogP contribution < -0.4 is 0 Å². The summed E-state index contributed by atoms with van der Waals surface area (Å²) in [6.07, 6.45) is 3.81. The minimum Gasteiger partial charge on any atom is -0.478 e. The molecule has 0 N–H and O–H groups in total. The summed E-state index contributed by atoms with van der Waals surface area (Å²) in [6.45, 7) is 10.6. The number of rotatable bonds is 2. The van der Waals surface area contributed by atoms with Crippen LogP contribution in [0.2, 0.25) is 0 Å². The Morgan fingerprint density at radius 2 is 2.31 bits per heavy atom. The number of nitrogens with zero attached hydrogens (tertiary/aromatic N) is 2. The van der Waals surface area contributed by atoms with Crippen molar-refractivity contribution in [3.63, 3.8) is 0 Å². The van der Waals surface area contributed by atoms with Crippen LogP contribution in [-0.4, -0.2) is 23.4 Å². The van der Waals surface area contributed by atoms with Crippen molar-refractivity contribution >= 4 is 5.90 Å². The van der Waals surface area contributed by atoms with Crippen LogP contribution >= 0.6 is 0 Å². The number of hydrogen-bond donors (Lipinski definition) is 0. The molecule has 0 spiro atoms. The van der Waals surface area contributed by atoms with E-state index < -0.39 is 0 Å². The summed E-state index contributed by atoms with van der Waals surface area (Å²) in [5.74, 6) is 1.38. The highest BCUT2D eigenvalue weighted by Gasteiger charge is 2.12. The van der Waals surface area contributed by atoms with Crippen molar-refractivity contribution in [1.29, 1.82) is 0 Å². The summed E-state index contributed by atoms with van der Waals surface area (Å²) < 4.78 is 5.26. The van der Waals surface area contributed by atoms with Gasteiger partial charge in [-0.05, 0) is 20.8 Å². The highest BCUT2D eigenvalue weighted by atomic mass is 16.5. The first kappa shape index (κ1) is 9.84. The minimum absolute atomic E-state index is 0.385. The van der Waals surface area contributed by atoms with Crippen molar-refractivity contribution in [1.82, 2.24) is 4.90 Å². The molecule has 1 aliphatic heterocycles. The van der Waals surface area contributed by atoms with E-state index in [4.69, 9.17) is 4.74 Å². The van der Waals surface area contributed by atoms with Crippen LogP contribution in [0.25, 0.3) is 0 Å². The van der Waals surface area contributed by atoms with Crippen LogP contribution in [-0.2, 0) is 4.74 Å². The molecule has 0 aromatic heterocycles. The zero-order valence-electron chi connectivity index (χ0n) is 8.45. The average molecular weight is 180 g/mol. The SMILES string of the molecule is C=C1N=C(OCC)C=CN1C(C)C. The molecule has 72 valence electrons. The van der Waals surface area contributed by atoms with E-state index in [1.54, 1.807) is 0 Å². The molecule has 1 aliphatic rings. The van der Waals surface area contributed by atoms with Crippen LogP contribution in [0.5, 0.6) is 0 Å². The Hall–Kier alpha value is -1.25. The van der Waals surface area contributed by atoms with Gasteiger partial charge in [-0.25, -0.2) is 0 Å². The molecule has 0 saturated heterocycles. The van der Waals surface area contributed by atoms with E-state index in [0.29, 0.717) is 18.5 Å². The maximum Gasteiger partial charge on any atom is 0.216 e. The van der Waals surface area contributed by atoms with Crippen molar-refractivity contribution in [2.24, 2.45) is 4.99 Å². The number of hydrogen-bond acceptors (Lipinski definition) is 3. The third kappa shape index (κ3) is 2.34. The first-order chi connectivity index (χ1) is 6.15. The fourth-order valence-corrected chi connectivity index (χ4v) is 1.15. The van der Waals surface area contributed by atoms with Gasteiger partial charge in [-0.3, -0.25) is 0 Å². The molecule has 0 radical (unpaired) electrons. The van der Waals surface area contributed by atoms with E-state index in [1.165, 1.54) is 0 Å². The fourth-order valence-electron chi connectivity index (χ4n) is 1.15. The smallest absolute Gasteiger partial charge is 0.216 e. The van der Waals surface area contributed by atoms with Crippen molar-refractivity contribution in [3.05, 3.63) is 24.7 Å². The lowest BCUT2D eigenvalue weighted by molar-refractivity contribution is 0.317. The van der Waals surface area contributed by atoms with Gasteiger partial charge in [0.2, 0.25) is 5.90 Å². The second kappa shape index (κ2) is 4.12. The highest BCUT2D eigenvalue weighted by molar-refractivity contribution is 5.89. The molecule has 1 heterocycles. The quantitative estimate of drug-likeness (QED) is 0.650. The highest BCUT2D eigenvalue weighted by Crippen LogP contribution is 2.14. The third-order valence-corrected chi connectivity index (χ3v) is 1.76. The lowest BCUT2D eigenvalue weighted by atomic mass is 10.3. The molecule has 3 nitrogen and oxygen atoms in total. The third-order valence-electron chi connectivity index (χ3n) is 1.76. The van der Waals surface area contributed by atoms with Gasteiger partial charge >= 0.3 is 0 Å². The van der Waals surface area contributed by atoms with Gasteiger partial charge in [0.15, 0.2) is 0 Å². The van der Waals surface area contributed by atoms with Gasteiger partial charge < -0.3 is 9.64 Å². The Bertz CT molecular complexity index is 254. The summed E-state index contributed by atoms with van der Waals surface area (Å²) in [5, 5.41) is 0.